The summed E-state index contributed by atoms with van der Waals surface area (Å²) in [5, 5.41) is 7.04. The Bertz CT molecular complexity index is 486. The van der Waals surface area contributed by atoms with Gasteiger partial charge >= 0.3 is 0 Å². The second-order valence-electron chi connectivity index (χ2n) is 4.66. The highest BCUT2D eigenvalue weighted by molar-refractivity contribution is 5.61. The predicted octanol–water partition coefficient (Wildman–Crippen LogP) is 2.04. The van der Waals surface area contributed by atoms with Crippen LogP contribution in [0.2, 0.25) is 0 Å². The second-order valence-corrected chi connectivity index (χ2v) is 4.66. The molecule has 0 saturated carbocycles. The van der Waals surface area contributed by atoms with Crippen molar-refractivity contribution in [3.63, 3.8) is 0 Å². The van der Waals surface area contributed by atoms with Gasteiger partial charge in [0.15, 0.2) is 0 Å². The predicted molar refractivity (Wildman–Crippen MR) is 73.1 cm³/mol. The van der Waals surface area contributed by atoms with Crippen molar-refractivity contribution in [1.82, 2.24) is 14.9 Å². The maximum atomic E-state index is 4.11. The number of hydrogen-bond acceptors (Lipinski definition) is 3. The van der Waals surface area contributed by atoms with Crippen LogP contribution in [0.25, 0.3) is 5.69 Å². The highest BCUT2D eigenvalue weighted by Gasteiger charge is 2.14. The van der Waals surface area contributed by atoms with Gasteiger partial charge in [-0.25, -0.2) is 4.98 Å². The Balaban J connectivity index is 1.83. The lowest BCUT2D eigenvalue weighted by Crippen LogP contribution is -2.35. The van der Waals surface area contributed by atoms with Crippen molar-refractivity contribution >= 4 is 5.69 Å². The smallest absolute Gasteiger partial charge is 0.0992 e. The number of benzene rings is 1. The quantitative estimate of drug-likeness (QED) is 0.865. The maximum absolute atomic E-state index is 4.11. The van der Waals surface area contributed by atoms with Crippen molar-refractivity contribution in [2.45, 2.75) is 18.9 Å². The third-order valence-electron chi connectivity index (χ3n) is 3.39. The summed E-state index contributed by atoms with van der Waals surface area (Å²) in [6.45, 7) is 2.20. The van der Waals surface area contributed by atoms with Gasteiger partial charge in [0.25, 0.3) is 0 Å². The van der Waals surface area contributed by atoms with Crippen molar-refractivity contribution in [1.29, 1.82) is 0 Å². The van der Waals surface area contributed by atoms with Crippen LogP contribution in [-0.4, -0.2) is 28.7 Å². The van der Waals surface area contributed by atoms with Gasteiger partial charge in [0, 0.05) is 18.4 Å². The molecule has 0 unspecified atom stereocenters. The van der Waals surface area contributed by atoms with E-state index < -0.39 is 0 Å². The van der Waals surface area contributed by atoms with Gasteiger partial charge in [-0.1, -0.05) is 12.1 Å². The molecule has 0 radical (unpaired) electrons. The number of nitrogens with zero attached hydrogens (tertiary/aromatic N) is 2. The van der Waals surface area contributed by atoms with Gasteiger partial charge in [-0.15, -0.1) is 0 Å². The van der Waals surface area contributed by atoms with Crippen LogP contribution >= 0.6 is 0 Å². The van der Waals surface area contributed by atoms with Gasteiger partial charge in [-0.2, -0.15) is 0 Å². The van der Waals surface area contributed by atoms with Crippen LogP contribution in [0.15, 0.2) is 43.0 Å². The molecule has 0 spiro atoms. The van der Waals surface area contributed by atoms with E-state index in [4.69, 9.17) is 0 Å². The van der Waals surface area contributed by atoms with E-state index >= 15 is 0 Å². The molecule has 0 aliphatic carbocycles. The lowest BCUT2D eigenvalue weighted by atomic mass is 10.1. The van der Waals surface area contributed by atoms with Crippen molar-refractivity contribution in [2.75, 3.05) is 18.4 Å². The summed E-state index contributed by atoms with van der Waals surface area (Å²) < 4.78 is 2.05. The summed E-state index contributed by atoms with van der Waals surface area (Å²) in [7, 11) is 0. The zero-order valence-electron chi connectivity index (χ0n) is 10.3. The van der Waals surface area contributed by atoms with Crippen LogP contribution in [0, 0.1) is 0 Å². The van der Waals surface area contributed by atoms with E-state index in [0.29, 0.717) is 6.04 Å². The van der Waals surface area contributed by atoms with Crippen LogP contribution in [0.1, 0.15) is 12.8 Å². The monoisotopic (exact) mass is 242 g/mol. The summed E-state index contributed by atoms with van der Waals surface area (Å²) in [6, 6.07) is 8.95. The van der Waals surface area contributed by atoms with Gasteiger partial charge in [0.1, 0.15) is 0 Å². The van der Waals surface area contributed by atoms with Crippen molar-refractivity contribution in [3.05, 3.63) is 43.0 Å². The minimum Gasteiger partial charge on any atom is -0.381 e. The number of rotatable bonds is 3. The number of hydrogen-bond donors (Lipinski definition) is 2. The first-order chi connectivity index (χ1) is 8.93. The first-order valence-corrected chi connectivity index (χ1v) is 6.48. The zero-order chi connectivity index (χ0) is 12.2. The van der Waals surface area contributed by atoms with Gasteiger partial charge in [0.2, 0.25) is 0 Å². The van der Waals surface area contributed by atoms with Crippen LogP contribution < -0.4 is 10.6 Å². The molecule has 4 heteroatoms. The summed E-state index contributed by atoms with van der Waals surface area (Å²) in [6.07, 6.45) is 7.98. The van der Waals surface area contributed by atoms with E-state index in [0.717, 1.165) is 18.8 Å². The minimum atomic E-state index is 0.566. The zero-order valence-corrected chi connectivity index (χ0v) is 10.3. The number of aromatic nitrogens is 2. The molecule has 1 aliphatic rings. The van der Waals surface area contributed by atoms with Gasteiger partial charge < -0.3 is 15.2 Å². The Morgan fingerprint density at radius 1 is 1.22 bits per heavy atom. The number of nitrogens with one attached hydrogen (secondary N) is 2. The molecule has 2 aromatic rings. The molecule has 1 saturated heterocycles. The Hall–Kier alpha value is -1.81. The van der Waals surface area contributed by atoms with E-state index in [-0.39, 0.29) is 0 Å². The van der Waals surface area contributed by atoms with E-state index in [1.165, 1.54) is 18.5 Å². The average Bonchev–Trinajstić information content (AvgIpc) is 2.94. The molecule has 0 bridgehead atoms. The summed E-state index contributed by atoms with van der Waals surface area (Å²) >= 11 is 0. The maximum Gasteiger partial charge on any atom is 0.0992 e. The van der Waals surface area contributed by atoms with E-state index in [2.05, 4.69) is 39.9 Å². The molecule has 1 aromatic carbocycles. The van der Waals surface area contributed by atoms with Crippen LogP contribution in [-0.2, 0) is 0 Å². The SMILES string of the molecule is c1ccc(-n2ccnc2)c(NC2CCNCC2)c1. The third kappa shape index (κ3) is 2.38. The topological polar surface area (TPSA) is 41.9 Å². The lowest BCUT2D eigenvalue weighted by Gasteiger charge is -2.25. The first kappa shape index (κ1) is 11.3. The summed E-state index contributed by atoms with van der Waals surface area (Å²) in [5.41, 5.74) is 2.34. The number of piperidine rings is 1. The summed E-state index contributed by atoms with van der Waals surface area (Å²) in [4.78, 5) is 4.11. The van der Waals surface area contributed by atoms with Crippen molar-refractivity contribution < 1.29 is 0 Å². The molecule has 1 fully saturated rings. The fraction of sp³-hybridized carbons (Fsp3) is 0.357. The molecule has 94 valence electrons. The fourth-order valence-electron chi connectivity index (χ4n) is 2.41. The minimum absolute atomic E-state index is 0.566. The molecule has 1 aliphatic heterocycles. The standard InChI is InChI=1S/C14H18N4/c1-2-4-14(18-10-9-16-11-18)13(3-1)17-12-5-7-15-8-6-12/h1-4,9-12,15,17H,5-8H2. The first-order valence-electron chi connectivity index (χ1n) is 6.48. The van der Waals surface area contributed by atoms with E-state index in [1.54, 1.807) is 6.20 Å². The molecule has 2 heterocycles. The Morgan fingerprint density at radius 3 is 2.83 bits per heavy atom. The number of para-hydroxylation sites is 2. The summed E-state index contributed by atoms with van der Waals surface area (Å²) in [5.74, 6) is 0. The largest absolute Gasteiger partial charge is 0.381 e. The van der Waals surface area contributed by atoms with Gasteiger partial charge in [-0.05, 0) is 38.1 Å². The van der Waals surface area contributed by atoms with Gasteiger partial charge in [-0.3, -0.25) is 0 Å². The highest BCUT2D eigenvalue weighted by atomic mass is 15.1. The molecule has 4 nitrogen and oxygen atoms in total. The van der Waals surface area contributed by atoms with E-state index in [1.807, 2.05) is 17.1 Å². The molecular formula is C14H18N4. The van der Waals surface area contributed by atoms with Crippen molar-refractivity contribution in [3.8, 4) is 5.69 Å². The third-order valence-corrected chi connectivity index (χ3v) is 3.39. The molecule has 0 amide bonds. The lowest BCUT2D eigenvalue weighted by molar-refractivity contribution is 0.479. The van der Waals surface area contributed by atoms with E-state index in [9.17, 15) is 0 Å². The van der Waals surface area contributed by atoms with Gasteiger partial charge in [0.05, 0.1) is 17.7 Å². The molecule has 0 atom stereocenters. The average molecular weight is 242 g/mol. The Labute approximate surface area is 107 Å². The van der Waals surface area contributed by atoms with Crippen LogP contribution in [0.4, 0.5) is 5.69 Å². The van der Waals surface area contributed by atoms with Crippen molar-refractivity contribution in [2.24, 2.45) is 0 Å². The second kappa shape index (κ2) is 5.23. The van der Waals surface area contributed by atoms with Crippen LogP contribution in [0.5, 0.6) is 0 Å². The highest BCUT2D eigenvalue weighted by Crippen LogP contribution is 2.22. The van der Waals surface area contributed by atoms with Crippen LogP contribution in [0.3, 0.4) is 0 Å². The number of imidazole rings is 1. The molecule has 18 heavy (non-hydrogen) atoms. The normalized spacial score (nSPS) is 16.7. The Morgan fingerprint density at radius 2 is 2.06 bits per heavy atom. The molecular weight excluding hydrogens is 224 g/mol. The molecule has 3 rings (SSSR count). The molecule has 2 N–H and O–H groups in total. The fourth-order valence-corrected chi connectivity index (χ4v) is 2.41. The number of anilines is 1. The molecule has 1 aromatic heterocycles. The Kier molecular flexibility index (Phi) is 3.28.